The lowest BCUT2D eigenvalue weighted by Gasteiger charge is -2.44. The molecule has 6 rings (SSSR count). The number of alkyl halides is 3. The lowest BCUT2D eigenvalue weighted by molar-refractivity contribution is -0.137. The van der Waals surface area contributed by atoms with Gasteiger partial charge in [-0.15, -0.1) is 0 Å². The van der Waals surface area contributed by atoms with Crippen LogP contribution in [0.2, 0.25) is 5.02 Å². The minimum Gasteiger partial charge on any atom is -0.291 e. The molecule has 0 bridgehead atoms. The lowest BCUT2D eigenvalue weighted by Crippen LogP contribution is -2.53. The molecule has 2 aliphatic rings. The number of fused-ring (bicyclic) bond motifs is 2. The van der Waals surface area contributed by atoms with Gasteiger partial charge in [-0.1, -0.05) is 23.2 Å². The SMILES string of the molecule is O=C(c1ccccn1)[C@]12Cc3cnn(-c4ccc(F)cc4)c3C=C1CCN(S(=O)(=O)c1ccc(Cl)c(C(F)(F)F)c1)C2. The molecule has 0 saturated carbocycles. The van der Waals surface area contributed by atoms with Crippen LogP contribution in [0, 0.1) is 11.2 Å². The fourth-order valence-corrected chi connectivity index (χ4v) is 7.33. The van der Waals surface area contributed by atoms with Crippen molar-refractivity contribution in [1.29, 1.82) is 0 Å². The van der Waals surface area contributed by atoms with Crippen LogP contribution in [0.5, 0.6) is 0 Å². The number of benzene rings is 2. The summed E-state index contributed by atoms with van der Waals surface area (Å²) in [6, 6.07) is 13.0. The minimum atomic E-state index is -4.86. The summed E-state index contributed by atoms with van der Waals surface area (Å²) in [6.07, 6.45) is 0.168. The van der Waals surface area contributed by atoms with Gasteiger partial charge in [-0.05, 0) is 79.1 Å². The van der Waals surface area contributed by atoms with Gasteiger partial charge in [-0.25, -0.2) is 17.5 Å². The van der Waals surface area contributed by atoms with E-state index in [1.165, 1.54) is 24.4 Å². The van der Waals surface area contributed by atoms with Crippen molar-refractivity contribution in [2.45, 2.75) is 23.9 Å². The third-order valence-corrected chi connectivity index (χ3v) is 9.84. The molecular weight excluding hydrogens is 596 g/mol. The standard InChI is InChI=1S/C29H21ClF4N4O3S/c30-24-9-8-22(14-23(24)29(32,33)34)42(40,41)37-12-10-19-13-26-18(16-36-38(26)21-6-4-20(31)5-7-21)15-28(19,17-37)27(39)25-3-1-2-11-35-25/h1-9,11,13-14,16H,10,12,15,17H2/t28-/m0/s1. The van der Waals surface area contributed by atoms with Crippen LogP contribution in [0.15, 0.2) is 83.5 Å². The molecule has 3 heterocycles. The predicted octanol–water partition coefficient (Wildman–Crippen LogP) is 5.98. The number of rotatable bonds is 5. The zero-order chi connectivity index (χ0) is 29.9. The monoisotopic (exact) mass is 616 g/mol. The number of aromatic nitrogens is 3. The Kier molecular flexibility index (Phi) is 6.82. The first kappa shape index (κ1) is 28.3. The Labute approximate surface area is 243 Å². The quantitative estimate of drug-likeness (QED) is 0.203. The van der Waals surface area contributed by atoms with Gasteiger partial charge in [-0.2, -0.15) is 22.6 Å². The van der Waals surface area contributed by atoms with Gasteiger partial charge >= 0.3 is 6.18 Å². The van der Waals surface area contributed by atoms with Gasteiger partial charge in [0.1, 0.15) is 11.5 Å². The Bertz CT molecular complexity index is 1840. The molecule has 7 nitrogen and oxygen atoms in total. The highest BCUT2D eigenvalue weighted by molar-refractivity contribution is 7.89. The maximum atomic E-state index is 14.2. The van der Waals surface area contributed by atoms with Crippen LogP contribution in [-0.2, 0) is 22.6 Å². The van der Waals surface area contributed by atoms with E-state index >= 15 is 0 Å². The fourth-order valence-electron chi connectivity index (χ4n) is 5.58. The Balaban J connectivity index is 1.44. The van der Waals surface area contributed by atoms with Crippen LogP contribution < -0.4 is 0 Å². The summed E-state index contributed by atoms with van der Waals surface area (Å²) < 4.78 is 84.3. The summed E-state index contributed by atoms with van der Waals surface area (Å²) in [4.78, 5) is 17.8. The van der Waals surface area contributed by atoms with E-state index in [1.54, 1.807) is 41.2 Å². The summed E-state index contributed by atoms with van der Waals surface area (Å²) in [5, 5.41) is 3.83. The second-order valence-corrected chi connectivity index (χ2v) is 12.5. The minimum absolute atomic E-state index is 0.0740. The number of sulfonamides is 1. The summed E-state index contributed by atoms with van der Waals surface area (Å²) in [5.41, 5.74) is 0.0416. The summed E-state index contributed by atoms with van der Waals surface area (Å²) in [7, 11) is -4.47. The van der Waals surface area contributed by atoms with Crippen LogP contribution >= 0.6 is 11.6 Å². The maximum Gasteiger partial charge on any atom is 0.417 e. The summed E-state index contributed by atoms with van der Waals surface area (Å²) >= 11 is 5.73. The van der Waals surface area contributed by atoms with Crippen LogP contribution in [0.3, 0.4) is 0 Å². The van der Waals surface area contributed by atoms with Crippen molar-refractivity contribution in [3.8, 4) is 5.69 Å². The van der Waals surface area contributed by atoms with E-state index in [0.717, 1.165) is 16.4 Å². The third kappa shape index (κ3) is 4.73. The van der Waals surface area contributed by atoms with Crippen molar-refractivity contribution >= 4 is 33.5 Å². The highest BCUT2D eigenvalue weighted by atomic mass is 35.5. The van der Waals surface area contributed by atoms with Crippen molar-refractivity contribution in [3.05, 3.63) is 112 Å². The molecule has 1 fully saturated rings. The zero-order valence-corrected chi connectivity index (χ0v) is 23.2. The van der Waals surface area contributed by atoms with Crippen LogP contribution in [0.4, 0.5) is 17.6 Å². The number of carbonyl (C=O) groups is 1. The molecule has 13 heteroatoms. The highest BCUT2D eigenvalue weighted by Crippen LogP contribution is 2.47. The topological polar surface area (TPSA) is 85.2 Å². The largest absolute Gasteiger partial charge is 0.417 e. The second-order valence-electron chi connectivity index (χ2n) is 10.1. The normalized spacial score (nSPS) is 19.1. The second kappa shape index (κ2) is 10.1. The van der Waals surface area contributed by atoms with E-state index in [2.05, 4.69) is 10.1 Å². The van der Waals surface area contributed by atoms with E-state index < -0.39 is 48.7 Å². The molecule has 1 aliphatic carbocycles. The molecule has 1 aliphatic heterocycles. The lowest BCUT2D eigenvalue weighted by atomic mass is 9.65. The van der Waals surface area contributed by atoms with Gasteiger partial charge in [0.05, 0.1) is 38.5 Å². The van der Waals surface area contributed by atoms with Crippen LogP contribution in [0.1, 0.15) is 33.7 Å². The number of Topliss-reactive ketones (excluding diaryl/α,β-unsaturated/α-hetero) is 1. The molecule has 0 amide bonds. The first-order valence-electron chi connectivity index (χ1n) is 12.8. The van der Waals surface area contributed by atoms with Crippen molar-refractivity contribution in [3.63, 3.8) is 0 Å². The summed E-state index contributed by atoms with van der Waals surface area (Å²) in [6.45, 7) is -0.392. The molecule has 0 spiro atoms. The molecule has 42 heavy (non-hydrogen) atoms. The average Bonchev–Trinajstić information content (AvgIpc) is 3.37. The maximum absolute atomic E-state index is 14.2. The number of hydrogen-bond acceptors (Lipinski definition) is 5. The van der Waals surface area contributed by atoms with Gasteiger partial charge in [0.25, 0.3) is 0 Å². The van der Waals surface area contributed by atoms with Gasteiger partial charge in [0, 0.05) is 19.3 Å². The van der Waals surface area contributed by atoms with E-state index in [9.17, 15) is 30.8 Å². The number of carbonyl (C=O) groups excluding carboxylic acids is 1. The smallest absolute Gasteiger partial charge is 0.291 e. The van der Waals surface area contributed by atoms with Gasteiger partial charge in [0.2, 0.25) is 10.0 Å². The van der Waals surface area contributed by atoms with Gasteiger partial charge < -0.3 is 0 Å². The number of nitrogens with zero attached hydrogens (tertiary/aromatic N) is 4. The number of ketones is 1. The van der Waals surface area contributed by atoms with E-state index in [0.29, 0.717) is 28.6 Å². The third-order valence-electron chi connectivity index (χ3n) is 7.67. The first-order valence-corrected chi connectivity index (χ1v) is 14.6. The molecule has 1 saturated heterocycles. The van der Waals surface area contributed by atoms with Crippen LogP contribution in [-0.4, -0.2) is 46.4 Å². The summed E-state index contributed by atoms with van der Waals surface area (Å²) in [5.74, 6) is -0.823. The molecule has 216 valence electrons. The number of pyridine rings is 1. The van der Waals surface area contributed by atoms with Gasteiger partial charge in [0.15, 0.2) is 5.78 Å². The zero-order valence-electron chi connectivity index (χ0n) is 21.6. The van der Waals surface area contributed by atoms with E-state index in [4.69, 9.17) is 11.6 Å². The van der Waals surface area contributed by atoms with E-state index in [-0.39, 0.29) is 31.6 Å². The van der Waals surface area contributed by atoms with Crippen molar-refractivity contribution in [2.24, 2.45) is 5.41 Å². The molecule has 0 N–H and O–H groups in total. The van der Waals surface area contributed by atoms with Crippen molar-refractivity contribution in [2.75, 3.05) is 13.1 Å². The molecule has 1 atom stereocenters. The predicted molar refractivity (Wildman–Crippen MR) is 146 cm³/mol. The van der Waals surface area contributed by atoms with E-state index in [1.807, 2.05) is 0 Å². The average molecular weight is 617 g/mol. The highest BCUT2D eigenvalue weighted by Gasteiger charge is 2.51. The molecule has 2 aromatic heterocycles. The number of halogens is 5. The Morgan fingerprint density at radius 1 is 1.05 bits per heavy atom. The van der Waals surface area contributed by atoms with Crippen molar-refractivity contribution < 1.29 is 30.8 Å². The molecule has 0 radical (unpaired) electrons. The Hall–Kier alpha value is -3.87. The van der Waals surface area contributed by atoms with Gasteiger partial charge in [-0.3, -0.25) is 9.78 Å². The Morgan fingerprint density at radius 3 is 2.50 bits per heavy atom. The molecular formula is C29H21ClF4N4O3S. The van der Waals surface area contributed by atoms with Crippen LogP contribution in [0.25, 0.3) is 11.8 Å². The molecule has 2 aromatic carbocycles. The Morgan fingerprint density at radius 2 is 1.81 bits per heavy atom. The first-order chi connectivity index (χ1) is 19.9. The number of hydrogen-bond donors (Lipinski definition) is 0. The fraction of sp³-hybridized carbons (Fsp3) is 0.207. The molecule has 0 unspecified atom stereocenters. The number of piperidine rings is 1. The van der Waals surface area contributed by atoms with Crippen molar-refractivity contribution in [1.82, 2.24) is 19.1 Å². The molecule has 4 aromatic rings.